The smallest absolute Gasteiger partial charge is 0.169 e. The highest BCUT2D eigenvalue weighted by Gasteiger charge is 2.17. The van der Waals surface area contributed by atoms with E-state index in [2.05, 4.69) is 6.58 Å². The van der Waals surface area contributed by atoms with E-state index in [1.165, 1.54) is 42.5 Å². The van der Waals surface area contributed by atoms with Crippen LogP contribution in [0.4, 0.5) is 13.2 Å². The van der Waals surface area contributed by atoms with E-state index in [9.17, 15) is 13.2 Å². The van der Waals surface area contributed by atoms with Gasteiger partial charge in [-0.2, -0.15) is 0 Å². The summed E-state index contributed by atoms with van der Waals surface area (Å²) in [6.07, 6.45) is 1.59. The van der Waals surface area contributed by atoms with E-state index < -0.39 is 23.0 Å². The van der Waals surface area contributed by atoms with Crippen molar-refractivity contribution in [3.05, 3.63) is 84.2 Å². The summed E-state index contributed by atoms with van der Waals surface area (Å²) in [5, 5.41) is 0.704. The Bertz CT molecular complexity index is 1020. The molecule has 0 radical (unpaired) electrons. The lowest BCUT2D eigenvalue weighted by molar-refractivity contribution is 0.340. The first-order valence-corrected chi connectivity index (χ1v) is 8.80. The monoisotopic (exact) mass is 384 g/mol. The van der Waals surface area contributed by atoms with Gasteiger partial charge in [0.1, 0.15) is 23.9 Å². The number of rotatable bonds is 7. The van der Waals surface area contributed by atoms with Crippen molar-refractivity contribution in [2.45, 2.75) is 6.92 Å². The van der Waals surface area contributed by atoms with E-state index in [-0.39, 0.29) is 10.9 Å². The molecular formula is C23H19F3O2. The molecule has 3 aromatic rings. The molecule has 0 bridgehead atoms. The number of fused-ring (bicyclic) bond motifs is 1. The maximum atomic E-state index is 14.8. The van der Waals surface area contributed by atoms with Gasteiger partial charge in [0.15, 0.2) is 11.7 Å². The van der Waals surface area contributed by atoms with Crippen molar-refractivity contribution in [3.63, 3.8) is 0 Å². The number of halogens is 3. The van der Waals surface area contributed by atoms with Crippen molar-refractivity contribution in [3.8, 4) is 11.5 Å². The van der Waals surface area contributed by atoms with Crippen molar-refractivity contribution in [1.82, 2.24) is 0 Å². The molecule has 0 saturated heterocycles. The van der Waals surface area contributed by atoms with E-state index >= 15 is 0 Å². The van der Waals surface area contributed by atoms with Gasteiger partial charge in [-0.1, -0.05) is 18.7 Å². The van der Waals surface area contributed by atoms with Gasteiger partial charge in [0, 0.05) is 16.5 Å². The molecule has 5 heteroatoms. The Kier molecular flexibility index (Phi) is 6.04. The third-order valence-electron chi connectivity index (χ3n) is 4.14. The van der Waals surface area contributed by atoms with E-state index in [1.807, 2.05) is 6.92 Å². The molecule has 0 aliphatic rings. The highest BCUT2D eigenvalue weighted by molar-refractivity contribution is 5.91. The Hall–Kier alpha value is -3.21. The molecule has 0 aromatic heterocycles. The summed E-state index contributed by atoms with van der Waals surface area (Å²) in [6.45, 7) is 6.17. The molecule has 28 heavy (non-hydrogen) atoms. The van der Waals surface area contributed by atoms with Gasteiger partial charge in [-0.25, -0.2) is 13.2 Å². The lowest BCUT2D eigenvalue weighted by Gasteiger charge is -2.09. The molecule has 3 rings (SSSR count). The topological polar surface area (TPSA) is 18.5 Å². The zero-order chi connectivity index (χ0) is 20.1. The van der Waals surface area contributed by atoms with Crippen LogP contribution in [0.3, 0.4) is 0 Å². The highest BCUT2D eigenvalue weighted by Crippen LogP contribution is 2.34. The highest BCUT2D eigenvalue weighted by atomic mass is 19.2. The van der Waals surface area contributed by atoms with Crippen LogP contribution in [0.5, 0.6) is 11.5 Å². The van der Waals surface area contributed by atoms with Gasteiger partial charge in [-0.05, 0) is 60.8 Å². The molecule has 3 aromatic carbocycles. The summed E-state index contributed by atoms with van der Waals surface area (Å²) in [5.41, 5.74) is -0.424. The van der Waals surface area contributed by atoms with Crippen molar-refractivity contribution in [2.75, 3.05) is 13.2 Å². The zero-order valence-corrected chi connectivity index (χ0v) is 15.3. The van der Waals surface area contributed by atoms with E-state index in [0.29, 0.717) is 30.1 Å². The van der Waals surface area contributed by atoms with Crippen LogP contribution in [-0.2, 0) is 0 Å². The molecular weight excluding hydrogens is 365 g/mol. The Morgan fingerprint density at radius 1 is 0.929 bits per heavy atom. The first kappa shape index (κ1) is 19.5. The van der Waals surface area contributed by atoms with Crippen LogP contribution in [0.25, 0.3) is 22.4 Å². The van der Waals surface area contributed by atoms with Gasteiger partial charge in [-0.15, -0.1) is 0 Å². The quantitative estimate of drug-likeness (QED) is 0.333. The summed E-state index contributed by atoms with van der Waals surface area (Å²) >= 11 is 0. The van der Waals surface area contributed by atoms with Crippen molar-refractivity contribution < 1.29 is 22.6 Å². The summed E-state index contributed by atoms with van der Waals surface area (Å²) in [7, 11) is 0. The number of hydrogen-bond acceptors (Lipinski definition) is 2. The van der Waals surface area contributed by atoms with Crippen LogP contribution in [-0.4, -0.2) is 13.2 Å². The Morgan fingerprint density at radius 2 is 1.64 bits per heavy atom. The summed E-state index contributed by atoms with van der Waals surface area (Å²) in [4.78, 5) is 0. The molecule has 0 fully saturated rings. The number of hydrogen-bond donors (Lipinski definition) is 0. The van der Waals surface area contributed by atoms with Crippen LogP contribution in [0, 0.1) is 5.82 Å². The third kappa shape index (κ3) is 4.03. The fraction of sp³-hybridized carbons (Fsp3) is 0.130. The fourth-order valence-corrected chi connectivity index (χ4v) is 2.79. The van der Waals surface area contributed by atoms with Gasteiger partial charge >= 0.3 is 0 Å². The molecule has 0 atom stereocenters. The average Bonchev–Trinajstić information content (AvgIpc) is 2.72. The van der Waals surface area contributed by atoms with Crippen LogP contribution < -0.4 is 9.47 Å². The maximum absolute atomic E-state index is 14.8. The molecule has 0 amide bonds. The maximum Gasteiger partial charge on any atom is 0.169 e. The van der Waals surface area contributed by atoms with Gasteiger partial charge in [-0.3, -0.25) is 0 Å². The normalized spacial score (nSPS) is 11.9. The SMILES string of the molecule is C=CCOc1ccc2c(F)c(C(F)=C(F)c3ccc(OCC)cc3)ccc2c1. The van der Waals surface area contributed by atoms with Crippen LogP contribution in [0.15, 0.2) is 67.3 Å². The van der Waals surface area contributed by atoms with Crippen LogP contribution in [0.1, 0.15) is 18.1 Å². The van der Waals surface area contributed by atoms with Crippen LogP contribution >= 0.6 is 0 Å². The summed E-state index contributed by atoms with van der Waals surface area (Å²) < 4.78 is 54.8. The molecule has 0 aliphatic carbocycles. The molecule has 0 unspecified atom stereocenters. The number of ether oxygens (including phenoxy) is 2. The minimum Gasteiger partial charge on any atom is -0.494 e. The van der Waals surface area contributed by atoms with E-state index in [1.54, 1.807) is 18.2 Å². The lowest BCUT2D eigenvalue weighted by atomic mass is 10.0. The van der Waals surface area contributed by atoms with Gasteiger partial charge in [0.25, 0.3) is 0 Å². The second kappa shape index (κ2) is 8.65. The molecule has 0 aliphatic heterocycles. The first-order chi connectivity index (χ1) is 13.5. The minimum atomic E-state index is -1.25. The van der Waals surface area contributed by atoms with Crippen molar-refractivity contribution in [1.29, 1.82) is 0 Å². The zero-order valence-electron chi connectivity index (χ0n) is 15.3. The van der Waals surface area contributed by atoms with E-state index in [0.717, 1.165) is 0 Å². The van der Waals surface area contributed by atoms with Gasteiger partial charge in [0.2, 0.25) is 0 Å². The molecule has 0 spiro atoms. The molecule has 2 nitrogen and oxygen atoms in total. The number of benzene rings is 3. The molecule has 144 valence electrons. The van der Waals surface area contributed by atoms with Crippen LogP contribution in [0.2, 0.25) is 0 Å². The molecule has 0 N–H and O–H groups in total. The average molecular weight is 384 g/mol. The second-order valence-corrected chi connectivity index (χ2v) is 6.00. The lowest BCUT2D eigenvalue weighted by Crippen LogP contribution is -1.94. The summed E-state index contributed by atoms with van der Waals surface area (Å²) in [6, 6.07) is 13.3. The van der Waals surface area contributed by atoms with E-state index in [4.69, 9.17) is 9.47 Å². The van der Waals surface area contributed by atoms with Gasteiger partial charge < -0.3 is 9.47 Å². The predicted molar refractivity (Wildman–Crippen MR) is 106 cm³/mol. The first-order valence-electron chi connectivity index (χ1n) is 8.80. The Morgan fingerprint density at radius 3 is 2.32 bits per heavy atom. The van der Waals surface area contributed by atoms with Crippen molar-refractivity contribution >= 4 is 22.4 Å². The van der Waals surface area contributed by atoms with Crippen molar-refractivity contribution in [2.24, 2.45) is 0 Å². The Balaban J connectivity index is 1.97. The third-order valence-corrected chi connectivity index (χ3v) is 4.14. The predicted octanol–water partition coefficient (Wildman–Crippen LogP) is 6.71. The Labute approximate surface area is 161 Å². The minimum absolute atomic E-state index is 0.00798. The standard InChI is InChI=1S/C23H19F3O2/c1-3-13-28-18-10-12-19-16(14-18)7-11-20(22(19)25)23(26)21(24)15-5-8-17(9-6-15)27-4-2/h3,5-12,14H,1,4,13H2,2H3. The second-order valence-electron chi connectivity index (χ2n) is 6.00. The largest absolute Gasteiger partial charge is 0.494 e. The fourth-order valence-electron chi connectivity index (χ4n) is 2.79. The molecule has 0 heterocycles. The van der Waals surface area contributed by atoms with Gasteiger partial charge in [0.05, 0.1) is 6.61 Å². The molecule has 0 saturated carbocycles. The summed E-state index contributed by atoms with van der Waals surface area (Å²) in [5.74, 6) is -2.13.